The van der Waals surface area contributed by atoms with Crippen LogP contribution in [0, 0.1) is 0 Å². The molecule has 3 amide bonds. The second-order valence-electron chi connectivity index (χ2n) is 6.45. The van der Waals surface area contributed by atoms with E-state index in [1.807, 2.05) is 11.8 Å². The number of carbonyl (C=O) groups is 3. The van der Waals surface area contributed by atoms with Crippen LogP contribution in [0.1, 0.15) is 38.5 Å². The molecule has 3 heterocycles. The van der Waals surface area contributed by atoms with Crippen LogP contribution in [0.4, 0.5) is 4.79 Å². The summed E-state index contributed by atoms with van der Waals surface area (Å²) in [7, 11) is 0. The van der Waals surface area contributed by atoms with Gasteiger partial charge < -0.3 is 20.6 Å². The van der Waals surface area contributed by atoms with E-state index in [4.69, 9.17) is 5.11 Å². The highest BCUT2D eigenvalue weighted by atomic mass is 32.2. The fourth-order valence-electron chi connectivity index (χ4n) is 3.73. The summed E-state index contributed by atoms with van der Waals surface area (Å²) in [6.45, 7) is 0.565. The molecular formula is C15H23N3O4S. The molecule has 0 bridgehead atoms. The summed E-state index contributed by atoms with van der Waals surface area (Å²) in [4.78, 5) is 36.1. The highest BCUT2D eigenvalue weighted by Crippen LogP contribution is 2.33. The van der Waals surface area contributed by atoms with Crippen LogP contribution in [0.15, 0.2) is 0 Å². The van der Waals surface area contributed by atoms with Crippen molar-refractivity contribution in [3.8, 4) is 0 Å². The summed E-state index contributed by atoms with van der Waals surface area (Å²) in [6, 6.07) is -0.263. The monoisotopic (exact) mass is 341 g/mol. The topological polar surface area (TPSA) is 98.7 Å². The predicted octanol–water partition coefficient (Wildman–Crippen LogP) is 0.788. The Kier molecular flexibility index (Phi) is 4.99. The maximum atomic E-state index is 12.2. The van der Waals surface area contributed by atoms with E-state index in [1.165, 1.54) is 4.90 Å². The second kappa shape index (κ2) is 6.98. The van der Waals surface area contributed by atoms with Crippen molar-refractivity contribution >= 4 is 29.7 Å². The minimum atomic E-state index is -0.895. The zero-order valence-corrected chi connectivity index (χ0v) is 13.8. The number of carboxylic acid groups (broad SMARTS) is 1. The molecule has 0 aromatic carbocycles. The number of nitrogens with one attached hydrogen (secondary N) is 2. The molecule has 8 heteroatoms. The fraction of sp³-hybridized carbons (Fsp3) is 0.800. The zero-order valence-electron chi connectivity index (χ0n) is 13.0. The molecule has 0 aromatic rings. The average Bonchev–Trinajstić information content (AvgIpc) is 3.19. The Morgan fingerprint density at radius 3 is 2.91 bits per heavy atom. The van der Waals surface area contributed by atoms with Crippen molar-refractivity contribution < 1.29 is 19.5 Å². The largest absolute Gasteiger partial charge is 0.480 e. The number of aliphatic carboxylic acids is 1. The van der Waals surface area contributed by atoms with Gasteiger partial charge in [0, 0.05) is 24.0 Å². The minimum absolute atomic E-state index is 0.0392. The maximum absolute atomic E-state index is 12.2. The molecule has 0 aliphatic carbocycles. The third-order valence-electron chi connectivity index (χ3n) is 4.93. The molecule has 0 aromatic heterocycles. The van der Waals surface area contributed by atoms with Gasteiger partial charge >= 0.3 is 12.0 Å². The Hall–Kier alpha value is -1.44. The third-order valence-corrected chi connectivity index (χ3v) is 6.43. The number of hydrogen-bond acceptors (Lipinski definition) is 4. The normalized spacial score (nSPS) is 32.5. The van der Waals surface area contributed by atoms with E-state index >= 15 is 0 Å². The summed E-state index contributed by atoms with van der Waals surface area (Å²) >= 11 is 1.87. The van der Waals surface area contributed by atoms with Crippen molar-refractivity contribution in [1.82, 2.24) is 15.5 Å². The summed E-state index contributed by atoms with van der Waals surface area (Å²) in [6.07, 6.45) is 4.43. The summed E-state index contributed by atoms with van der Waals surface area (Å²) in [5.74, 6) is 0.0116. The fourth-order valence-corrected chi connectivity index (χ4v) is 5.27. The van der Waals surface area contributed by atoms with Crippen LogP contribution >= 0.6 is 11.8 Å². The lowest BCUT2D eigenvalue weighted by Gasteiger charge is -2.21. The van der Waals surface area contributed by atoms with E-state index in [-0.39, 0.29) is 24.0 Å². The first-order chi connectivity index (χ1) is 11.1. The number of amides is 3. The molecule has 3 fully saturated rings. The van der Waals surface area contributed by atoms with Gasteiger partial charge in [-0.3, -0.25) is 4.79 Å². The van der Waals surface area contributed by atoms with Gasteiger partial charge in [-0.25, -0.2) is 9.59 Å². The molecule has 4 atom stereocenters. The highest BCUT2D eigenvalue weighted by molar-refractivity contribution is 8.00. The molecule has 3 saturated heterocycles. The third kappa shape index (κ3) is 3.57. The standard InChI is InChI=1S/C15H23N3O4S/c19-12(18-7-3-4-10(18)14(20)21)6-2-1-5-11-13-9(8-23-11)16-15(22)17-13/h9-11,13H,1-8H2,(H,20,21)(H2,16,17,22)/t9-,10-,11-,13-/m0/s1. The molecule has 0 saturated carbocycles. The minimum Gasteiger partial charge on any atom is -0.480 e. The van der Waals surface area contributed by atoms with Crippen LogP contribution in [0.2, 0.25) is 0 Å². The summed E-state index contributed by atoms with van der Waals surface area (Å²) < 4.78 is 0. The number of likely N-dealkylation sites (tertiary alicyclic amines) is 1. The number of hydrogen-bond donors (Lipinski definition) is 3. The van der Waals surface area contributed by atoms with Gasteiger partial charge in [-0.05, 0) is 25.7 Å². The number of nitrogens with zero attached hydrogens (tertiary/aromatic N) is 1. The Morgan fingerprint density at radius 2 is 2.13 bits per heavy atom. The van der Waals surface area contributed by atoms with Crippen LogP contribution in [-0.2, 0) is 9.59 Å². The number of rotatable bonds is 6. The van der Waals surface area contributed by atoms with E-state index in [0.29, 0.717) is 24.6 Å². The Labute approximate surface area is 139 Å². The van der Waals surface area contributed by atoms with Gasteiger partial charge in [0.05, 0.1) is 12.1 Å². The molecular weight excluding hydrogens is 318 g/mol. The van der Waals surface area contributed by atoms with Crippen molar-refractivity contribution in [2.75, 3.05) is 12.3 Å². The van der Waals surface area contributed by atoms with Crippen LogP contribution in [-0.4, -0.2) is 63.6 Å². The molecule has 3 aliphatic heterocycles. The first-order valence-electron chi connectivity index (χ1n) is 8.27. The van der Waals surface area contributed by atoms with E-state index in [2.05, 4.69) is 10.6 Å². The van der Waals surface area contributed by atoms with Gasteiger partial charge in [0.25, 0.3) is 0 Å². The van der Waals surface area contributed by atoms with E-state index in [0.717, 1.165) is 31.4 Å². The van der Waals surface area contributed by atoms with Crippen molar-refractivity contribution in [3.05, 3.63) is 0 Å². The highest BCUT2D eigenvalue weighted by Gasteiger charge is 2.42. The van der Waals surface area contributed by atoms with Gasteiger partial charge in [0.2, 0.25) is 5.91 Å². The van der Waals surface area contributed by atoms with Crippen molar-refractivity contribution in [1.29, 1.82) is 0 Å². The molecule has 7 nitrogen and oxygen atoms in total. The molecule has 3 aliphatic rings. The first-order valence-corrected chi connectivity index (χ1v) is 9.32. The first kappa shape index (κ1) is 16.4. The average molecular weight is 341 g/mol. The van der Waals surface area contributed by atoms with Gasteiger partial charge in [0.15, 0.2) is 0 Å². The molecule has 0 radical (unpaired) electrons. The lowest BCUT2D eigenvalue weighted by atomic mass is 10.0. The molecule has 3 N–H and O–H groups in total. The predicted molar refractivity (Wildman–Crippen MR) is 86.3 cm³/mol. The quantitative estimate of drug-likeness (QED) is 0.490. The Balaban J connectivity index is 1.38. The smallest absolute Gasteiger partial charge is 0.326 e. The molecule has 0 unspecified atom stereocenters. The van der Waals surface area contributed by atoms with Gasteiger partial charge in [-0.1, -0.05) is 6.42 Å². The molecule has 128 valence electrons. The van der Waals surface area contributed by atoms with Crippen LogP contribution in [0.5, 0.6) is 0 Å². The van der Waals surface area contributed by atoms with Gasteiger partial charge in [-0.15, -0.1) is 0 Å². The van der Waals surface area contributed by atoms with Crippen molar-refractivity contribution in [2.24, 2.45) is 0 Å². The summed E-state index contributed by atoms with van der Waals surface area (Å²) in [5.41, 5.74) is 0. The molecule has 3 rings (SSSR count). The number of thioether (sulfide) groups is 1. The Bertz CT molecular complexity index is 501. The van der Waals surface area contributed by atoms with Crippen LogP contribution in [0.25, 0.3) is 0 Å². The van der Waals surface area contributed by atoms with E-state index in [9.17, 15) is 14.4 Å². The van der Waals surface area contributed by atoms with E-state index in [1.54, 1.807) is 0 Å². The van der Waals surface area contributed by atoms with Gasteiger partial charge in [0.1, 0.15) is 6.04 Å². The number of unbranched alkanes of at least 4 members (excludes halogenated alkanes) is 1. The van der Waals surface area contributed by atoms with Gasteiger partial charge in [-0.2, -0.15) is 11.8 Å². The maximum Gasteiger partial charge on any atom is 0.326 e. The van der Waals surface area contributed by atoms with Crippen LogP contribution in [0.3, 0.4) is 0 Å². The number of urea groups is 1. The second-order valence-corrected chi connectivity index (χ2v) is 7.72. The number of carbonyl (C=O) groups excluding carboxylic acids is 2. The van der Waals surface area contributed by atoms with Crippen molar-refractivity contribution in [2.45, 2.75) is 61.9 Å². The van der Waals surface area contributed by atoms with E-state index < -0.39 is 12.0 Å². The molecule has 0 spiro atoms. The molecule has 23 heavy (non-hydrogen) atoms. The van der Waals surface area contributed by atoms with Crippen LogP contribution < -0.4 is 10.6 Å². The number of fused-ring (bicyclic) bond motifs is 1. The SMILES string of the molecule is O=C1N[C@H]2[C@H](CS[C@H]2CCCCC(=O)N2CCC[C@H]2C(=O)O)N1. The lowest BCUT2D eigenvalue weighted by Crippen LogP contribution is -2.40. The summed E-state index contributed by atoms with van der Waals surface area (Å²) in [5, 5.41) is 15.4. The number of carboxylic acids is 1. The zero-order chi connectivity index (χ0) is 16.4. The van der Waals surface area contributed by atoms with Crippen molar-refractivity contribution in [3.63, 3.8) is 0 Å². The Morgan fingerprint density at radius 1 is 1.30 bits per heavy atom. The lowest BCUT2D eigenvalue weighted by molar-refractivity contribution is -0.148.